The molecule has 35 heavy (non-hydrogen) atoms. The number of H-pyrrole nitrogens is 1. The molecule has 3 heterocycles. The number of nitrogens with two attached hydrogens (primary N) is 1. The van der Waals surface area contributed by atoms with Crippen molar-refractivity contribution >= 4 is 17.5 Å². The molecule has 2 amide bonds. The van der Waals surface area contributed by atoms with Crippen LogP contribution >= 0.6 is 0 Å². The van der Waals surface area contributed by atoms with Crippen LogP contribution in [0.4, 0.5) is 4.39 Å². The highest BCUT2D eigenvalue weighted by Gasteiger charge is 2.28. The van der Waals surface area contributed by atoms with Gasteiger partial charge in [0.15, 0.2) is 22.9 Å². The monoisotopic (exact) mass is 471 g/mol. The van der Waals surface area contributed by atoms with E-state index in [9.17, 15) is 14.0 Å². The molecule has 1 saturated heterocycles. The Morgan fingerprint density at radius 1 is 1.14 bits per heavy atom. The summed E-state index contributed by atoms with van der Waals surface area (Å²) in [6.07, 6.45) is 8.53. The van der Waals surface area contributed by atoms with Crippen molar-refractivity contribution in [2.45, 2.75) is 18.8 Å². The highest BCUT2D eigenvalue weighted by atomic mass is 19.1. The second-order valence-corrected chi connectivity index (χ2v) is 8.33. The molecule has 0 spiro atoms. The van der Waals surface area contributed by atoms with Crippen molar-refractivity contribution in [3.63, 3.8) is 0 Å². The molecule has 5 rings (SSSR count). The molecular weight excluding hydrogens is 449 g/mol. The molecule has 2 aromatic heterocycles. The number of aromatic amines is 1. The van der Waals surface area contributed by atoms with Crippen LogP contribution in [0.2, 0.25) is 0 Å². The van der Waals surface area contributed by atoms with E-state index in [1.54, 1.807) is 51.9 Å². The first-order valence-electron chi connectivity index (χ1n) is 11.1. The average Bonchev–Trinajstić information content (AvgIpc) is 3.45. The summed E-state index contributed by atoms with van der Waals surface area (Å²) >= 11 is 0. The fraction of sp³-hybridized carbons (Fsp3) is 0.192. The number of carbonyl (C=O) groups excluding carboxylic acids is 2. The number of terminal acetylenes is 1. The van der Waals surface area contributed by atoms with E-state index in [1.807, 2.05) is 6.20 Å². The maximum Gasteiger partial charge on any atom is 0.298 e. The van der Waals surface area contributed by atoms with Crippen LogP contribution in [0.15, 0.2) is 54.7 Å². The highest BCUT2D eigenvalue weighted by Crippen LogP contribution is 2.34. The summed E-state index contributed by atoms with van der Waals surface area (Å²) in [5, 5.41) is 3.10. The standard InChI is InChI=1S/C26H22FN5O3/c1-2-22(33)31-13-11-16(12-14-31)19-15-29-32-24(25(28)34)23(30-26(19)32)17-7-9-18(10-8-17)35-21-6-4-3-5-20(21)27/h1,3-10,15-16,29H,11-14H2,(H2,28,34). The van der Waals surface area contributed by atoms with Gasteiger partial charge in [-0.3, -0.25) is 14.7 Å². The topological polar surface area (TPSA) is 106 Å². The van der Waals surface area contributed by atoms with Gasteiger partial charge in [0.2, 0.25) is 0 Å². The van der Waals surface area contributed by atoms with Gasteiger partial charge in [-0.25, -0.2) is 13.9 Å². The summed E-state index contributed by atoms with van der Waals surface area (Å²) in [6.45, 7) is 1.12. The quantitative estimate of drug-likeness (QED) is 0.433. The third kappa shape index (κ3) is 4.10. The third-order valence-electron chi connectivity index (χ3n) is 6.26. The summed E-state index contributed by atoms with van der Waals surface area (Å²) in [4.78, 5) is 30.6. The smallest absolute Gasteiger partial charge is 0.298 e. The van der Waals surface area contributed by atoms with Crippen molar-refractivity contribution < 1.29 is 18.7 Å². The van der Waals surface area contributed by atoms with E-state index in [0.29, 0.717) is 35.7 Å². The van der Waals surface area contributed by atoms with Gasteiger partial charge in [-0.1, -0.05) is 12.1 Å². The molecule has 2 aromatic carbocycles. The maximum absolute atomic E-state index is 13.9. The lowest BCUT2D eigenvalue weighted by Crippen LogP contribution is -2.37. The Bertz CT molecular complexity index is 1460. The van der Waals surface area contributed by atoms with Gasteiger partial charge >= 0.3 is 0 Å². The largest absolute Gasteiger partial charge is 0.454 e. The highest BCUT2D eigenvalue weighted by molar-refractivity contribution is 5.98. The fourth-order valence-corrected chi connectivity index (χ4v) is 4.49. The van der Waals surface area contributed by atoms with Crippen molar-refractivity contribution in [1.82, 2.24) is 19.5 Å². The minimum absolute atomic E-state index is 0.119. The Labute approximate surface area is 200 Å². The van der Waals surface area contributed by atoms with Crippen LogP contribution in [-0.2, 0) is 4.79 Å². The third-order valence-corrected chi connectivity index (χ3v) is 6.26. The number of piperidine rings is 1. The molecule has 0 unspecified atom stereocenters. The summed E-state index contributed by atoms with van der Waals surface area (Å²) in [7, 11) is 0. The first kappa shape index (κ1) is 22.2. The van der Waals surface area contributed by atoms with Gasteiger partial charge in [-0.05, 0) is 61.1 Å². The lowest BCUT2D eigenvalue weighted by Gasteiger charge is -2.30. The number of fused-ring (bicyclic) bond motifs is 1. The Morgan fingerprint density at radius 2 is 1.86 bits per heavy atom. The molecule has 0 radical (unpaired) electrons. The van der Waals surface area contributed by atoms with E-state index >= 15 is 0 Å². The summed E-state index contributed by atoms with van der Waals surface area (Å²) in [6, 6.07) is 13.0. The average molecular weight is 471 g/mol. The number of para-hydroxylation sites is 1. The van der Waals surface area contributed by atoms with Crippen LogP contribution in [-0.4, -0.2) is 44.4 Å². The summed E-state index contributed by atoms with van der Waals surface area (Å²) in [5.41, 5.74) is 8.61. The molecule has 1 fully saturated rings. The Kier molecular flexibility index (Phi) is 5.71. The van der Waals surface area contributed by atoms with Gasteiger partial charge < -0.3 is 15.4 Å². The van der Waals surface area contributed by atoms with Crippen LogP contribution in [0.25, 0.3) is 16.9 Å². The molecule has 0 bridgehead atoms. The molecule has 0 atom stereocenters. The summed E-state index contributed by atoms with van der Waals surface area (Å²) < 4.78 is 21.1. The van der Waals surface area contributed by atoms with Gasteiger partial charge in [0.25, 0.3) is 11.8 Å². The van der Waals surface area contributed by atoms with Crippen LogP contribution in [0.5, 0.6) is 11.5 Å². The molecule has 176 valence electrons. The molecule has 1 aliphatic heterocycles. The first-order valence-corrected chi connectivity index (χ1v) is 11.1. The predicted molar refractivity (Wildman–Crippen MR) is 127 cm³/mol. The first-order chi connectivity index (χ1) is 17.0. The SMILES string of the molecule is C#CC(=O)N1CCC(c2c[nH]n3c(C(N)=O)c(-c4ccc(Oc5ccccc5F)cc4)nc23)CC1. The molecular formula is C26H22FN5O3. The number of aromatic nitrogens is 3. The van der Waals surface area contributed by atoms with E-state index in [4.69, 9.17) is 21.9 Å². The Morgan fingerprint density at radius 3 is 2.51 bits per heavy atom. The van der Waals surface area contributed by atoms with Crippen LogP contribution in [0.3, 0.4) is 0 Å². The minimum atomic E-state index is -0.623. The number of hydrogen-bond donors (Lipinski definition) is 2. The molecule has 0 aliphatic carbocycles. The zero-order valence-electron chi connectivity index (χ0n) is 18.7. The molecule has 8 nitrogen and oxygen atoms in total. The van der Waals surface area contributed by atoms with Crippen LogP contribution in [0.1, 0.15) is 34.8 Å². The number of carbonyl (C=O) groups is 2. The number of primary amides is 1. The molecule has 1 aliphatic rings. The molecule has 3 N–H and O–H groups in total. The zero-order valence-corrected chi connectivity index (χ0v) is 18.7. The van der Waals surface area contributed by atoms with Gasteiger partial charge in [-0.15, -0.1) is 6.42 Å². The van der Waals surface area contributed by atoms with E-state index in [2.05, 4.69) is 11.0 Å². The van der Waals surface area contributed by atoms with Crippen LogP contribution in [0, 0.1) is 18.2 Å². The Hall–Kier alpha value is -4.58. The van der Waals surface area contributed by atoms with Crippen molar-refractivity contribution in [3.8, 4) is 35.1 Å². The summed E-state index contributed by atoms with van der Waals surface area (Å²) in [5.74, 6) is 1.49. The van der Waals surface area contributed by atoms with Gasteiger partial charge in [-0.2, -0.15) is 0 Å². The number of nitrogens with zero attached hydrogens (tertiary/aromatic N) is 3. The molecule has 4 aromatic rings. The van der Waals surface area contributed by atoms with E-state index in [1.165, 1.54) is 6.07 Å². The van der Waals surface area contributed by atoms with Gasteiger partial charge in [0.1, 0.15) is 11.4 Å². The van der Waals surface area contributed by atoms with Crippen molar-refractivity contribution in [2.75, 3.05) is 13.1 Å². The van der Waals surface area contributed by atoms with E-state index in [0.717, 1.165) is 18.4 Å². The zero-order chi connectivity index (χ0) is 24.5. The number of amides is 2. The van der Waals surface area contributed by atoms with E-state index in [-0.39, 0.29) is 23.3 Å². The number of imidazole rings is 1. The van der Waals surface area contributed by atoms with Crippen molar-refractivity contribution in [2.24, 2.45) is 5.73 Å². The predicted octanol–water partition coefficient (Wildman–Crippen LogP) is 3.70. The van der Waals surface area contributed by atoms with Crippen molar-refractivity contribution in [3.05, 3.63) is 71.8 Å². The normalized spacial score (nSPS) is 14.1. The number of likely N-dealkylation sites (tertiary alicyclic amines) is 1. The number of nitrogens with one attached hydrogen (secondary N) is 1. The molecule has 9 heteroatoms. The number of hydrogen-bond acceptors (Lipinski definition) is 4. The van der Waals surface area contributed by atoms with Crippen LogP contribution < -0.4 is 10.5 Å². The number of ether oxygens (including phenoxy) is 1. The second-order valence-electron chi connectivity index (χ2n) is 8.33. The molecule has 0 saturated carbocycles. The number of benzene rings is 2. The maximum atomic E-state index is 13.9. The lowest BCUT2D eigenvalue weighted by atomic mass is 9.91. The number of rotatable bonds is 5. The minimum Gasteiger partial charge on any atom is -0.454 e. The number of halogens is 1. The second kappa shape index (κ2) is 8.99. The van der Waals surface area contributed by atoms with Gasteiger partial charge in [0.05, 0.1) is 0 Å². The van der Waals surface area contributed by atoms with Gasteiger partial charge in [0, 0.05) is 30.4 Å². The fourth-order valence-electron chi connectivity index (χ4n) is 4.49. The Balaban J connectivity index is 1.44. The lowest BCUT2D eigenvalue weighted by molar-refractivity contribution is -0.126. The van der Waals surface area contributed by atoms with E-state index < -0.39 is 11.7 Å². The van der Waals surface area contributed by atoms with Crippen molar-refractivity contribution in [1.29, 1.82) is 0 Å².